The zero-order valence-electron chi connectivity index (χ0n) is 17.7. The molecule has 160 valence electrons. The number of urea groups is 1. The topological polar surface area (TPSA) is 98.8 Å². The highest BCUT2D eigenvalue weighted by atomic mass is 16.5. The molecule has 1 N–H and O–H groups in total. The summed E-state index contributed by atoms with van der Waals surface area (Å²) in [6.45, 7) is 7.79. The summed E-state index contributed by atoms with van der Waals surface area (Å²) in [5.41, 5.74) is 2.97. The van der Waals surface area contributed by atoms with E-state index in [0.29, 0.717) is 37.6 Å². The summed E-state index contributed by atoms with van der Waals surface area (Å²) in [5, 5.41) is 16.6. The SMILES string of the molecule is CCNC(=O)N1CCN(c2ccc(-c3cc(OCC)cn4ncc(C#N)c34)cn2)CC1. The van der Waals surface area contributed by atoms with E-state index in [1.54, 1.807) is 16.9 Å². The number of pyridine rings is 2. The molecular weight excluding hydrogens is 394 g/mol. The number of amides is 2. The Bertz CT molecular complexity index is 1110. The van der Waals surface area contributed by atoms with Gasteiger partial charge in [0.15, 0.2) is 0 Å². The second-order valence-corrected chi connectivity index (χ2v) is 7.20. The van der Waals surface area contributed by atoms with E-state index >= 15 is 0 Å². The maximum Gasteiger partial charge on any atom is 0.317 e. The van der Waals surface area contributed by atoms with Gasteiger partial charge < -0.3 is 19.9 Å². The van der Waals surface area contributed by atoms with Crippen molar-refractivity contribution in [3.8, 4) is 22.9 Å². The zero-order valence-corrected chi connectivity index (χ0v) is 17.7. The van der Waals surface area contributed by atoms with Gasteiger partial charge in [-0.3, -0.25) is 0 Å². The first-order chi connectivity index (χ1) is 15.1. The number of anilines is 1. The van der Waals surface area contributed by atoms with Gasteiger partial charge in [0.25, 0.3) is 0 Å². The number of nitrogens with zero attached hydrogens (tertiary/aromatic N) is 6. The zero-order chi connectivity index (χ0) is 21.8. The number of hydrogen-bond acceptors (Lipinski definition) is 6. The maximum atomic E-state index is 12.0. The Hall–Kier alpha value is -3.80. The van der Waals surface area contributed by atoms with Crippen LogP contribution in [0.4, 0.5) is 10.6 Å². The Morgan fingerprint density at radius 3 is 2.68 bits per heavy atom. The minimum atomic E-state index is -0.0160. The third kappa shape index (κ3) is 4.10. The Balaban J connectivity index is 1.58. The second kappa shape index (κ2) is 8.92. The number of rotatable bonds is 5. The maximum absolute atomic E-state index is 12.0. The van der Waals surface area contributed by atoms with Gasteiger partial charge in [-0.2, -0.15) is 10.4 Å². The van der Waals surface area contributed by atoms with Crippen molar-refractivity contribution in [1.82, 2.24) is 24.8 Å². The van der Waals surface area contributed by atoms with Crippen molar-refractivity contribution < 1.29 is 9.53 Å². The second-order valence-electron chi connectivity index (χ2n) is 7.20. The van der Waals surface area contributed by atoms with Crippen LogP contribution in [0.25, 0.3) is 16.6 Å². The molecule has 4 rings (SSSR count). The van der Waals surface area contributed by atoms with Gasteiger partial charge in [0, 0.05) is 50.0 Å². The summed E-state index contributed by atoms with van der Waals surface area (Å²) in [6, 6.07) is 8.08. The summed E-state index contributed by atoms with van der Waals surface area (Å²) < 4.78 is 7.35. The van der Waals surface area contributed by atoms with Gasteiger partial charge in [-0.1, -0.05) is 0 Å². The number of nitrogens with one attached hydrogen (secondary N) is 1. The molecule has 9 nitrogen and oxygen atoms in total. The Morgan fingerprint density at radius 2 is 2.03 bits per heavy atom. The van der Waals surface area contributed by atoms with Gasteiger partial charge in [0.05, 0.1) is 30.1 Å². The fourth-order valence-electron chi connectivity index (χ4n) is 3.78. The van der Waals surface area contributed by atoms with Gasteiger partial charge in [-0.25, -0.2) is 14.3 Å². The van der Waals surface area contributed by atoms with Crippen LogP contribution >= 0.6 is 0 Å². The first-order valence-electron chi connectivity index (χ1n) is 10.4. The van der Waals surface area contributed by atoms with Gasteiger partial charge >= 0.3 is 6.03 Å². The molecule has 0 unspecified atom stereocenters. The number of fused-ring (bicyclic) bond motifs is 1. The molecule has 1 saturated heterocycles. The minimum absolute atomic E-state index is 0.0160. The molecule has 0 saturated carbocycles. The highest BCUT2D eigenvalue weighted by molar-refractivity contribution is 5.85. The molecule has 9 heteroatoms. The number of piperazine rings is 1. The molecule has 1 aliphatic heterocycles. The average molecular weight is 419 g/mol. The lowest BCUT2D eigenvalue weighted by molar-refractivity contribution is 0.195. The average Bonchev–Trinajstić information content (AvgIpc) is 3.22. The van der Waals surface area contributed by atoms with E-state index in [-0.39, 0.29) is 6.03 Å². The van der Waals surface area contributed by atoms with E-state index in [1.807, 2.05) is 43.1 Å². The summed E-state index contributed by atoms with van der Waals surface area (Å²) in [4.78, 5) is 20.7. The lowest BCUT2D eigenvalue weighted by atomic mass is 10.1. The van der Waals surface area contributed by atoms with Gasteiger partial charge in [0.1, 0.15) is 17.6 Å². The van der Waals surface area contributed by atoms with Crippen molar-refractivity contribution in [2.75, 3.05) is 44.2 Å². The summed E-state index contributed by atoms with van der Waals surface area (Å²) in [6.07, 6.45) is 5.15. The Kier molecular flexibility index (Phi) is 5.89. The van der Waals surface area contributed by atoms with Crippen LogP contribution in [0, 0.1) is 11.3 Å². The van der Waals surface area contributed by atoms with E-state index in [1.165, 1.54) is 0 Å². The predicted octanol–water partition coefficient (Wildman–Crippen LogP) is 2.52. The fraction of sp³-hybridized carbons (Fsp3) is 0.364. The smallest absolute Gasteiger partial charge is 0.317 e. The molecule has 0 spiro atoms. The van der Waals surface area contributed by atoms with Crippen LogP contribution in [-0.4, -0.2) is 64.9 Å². The highest BCUT2D eigenvalue weighted by Crippen LogP contribution is 2.31. The minimum Gasteiger partial charge on any atom is -0.492 e. The van der Waals surface area contributed by atoms with E-state index < -0.39 is 0 Å². The predicted molar refractivity (Wildman–Crippen MR) is 117 cm³/mol. The van der Waals surface area contributed by atoms with Crippen molar-refractivity contribution in [2.45, 2.75) is 13.8 Å². The molecule has 3 aromatic rings. The molecule has 2 amide bonds. The number of hydrogen-bond donors (Lipinski definition) is 1. The normalized spacial score (nSPS) is 13.8. The molecule has 4 heterocycles. The van der Waals surface area contributed by atoms with Crippen molar-refractivity contribution in [3.63, 3.8) is 0 Å². The van der Waals surface area contributed by atoms with E-state index in [4.69, 9.17) is 4.74 Å². The number of nitriles is 1. The highest BCUT2D eigenvalue weighted by Gasteiger charge is 2.21. The van der Waals surface area contributed by atoms with Crippen LogP contribution in [0.2, 0.25) is 0 Å². The first kappa shape index (κ1) is 20.5. The van der Waals surface area contributed by atoms with Crippen molar-refractivity contribution in [1.29, 1.82) is 5.26 Å². The number of aromatic nitrogens is 3. The molecule has 0 aliphatic carbocycles. The third-order valence-electron chi connectivity index (χ3n) is 5.30. The third-order valence-corrected chi connectivity index (χ3v) is 5.30. The number of ether oxygens (including phenoxy) is 1. The lowest BCUT2D eigenvalue weighted by Gasteiger charge is -2.35. The van der Waals surface area contributed by atoms with Crippen LogP contribution in [0.1, 0.15) is 19.4 Å². The van der Waals surface area contributed by atoms with Crippen LogP contribution < -0.4 is 15.0 Å². The summed E-state index contributed by atoms with van der Waals surface area (Å²) in [7, 11) is 0. The quantitative estimate of drug-likeness (QED) is 0.682. The Morgan fingerprint density at radius 1 is 1.23 bits per heavy atom. The molecule has 31 heavy (non-hydrogen) atoms. The van der Waals surface area contributed by atoms with Gasteiger partial charge in [0.2, 0.25) is 0 Å². The molecular formula is C22H25N7O2. The van der Waals surface area contributed by atoms with Gasteiger partial charge in [-0.15, -0.1) is 0 Å². The van der Waals surface area contributed by atoms with Crippen LogP contribution in [0.15, 0.2) is 36.8 Å². The lowest BCUT2D eigenvalue weighted by Crippen LogP contribution is -2.52. The fourth-order valence-corrected chi connectivity index (χ4v) is 3.78. The van der Waals surface area contributed by atoms with E-state index in [2.05, 4.69) is 26.4 Å². The van der Waals surface area contributed by atoms with Crippen LogP contribution in [-0.2, 0) is 0 Å². The molecule has 3 aromatic heterocycles. The molecule has 1 fully saturated rings. The largest absolute Gasteiger partial charge is 0.492 e. The monoisotopic (exact) mass is 419 g/mol. The van der Waals surface area contributed by atoms with Crippen LogP contribution in [0.3, 0.4) is 0 Å². The standard InChI is InChI=1S/C22H25N7O2/c1-3-24-22(30)28-9-7-27(8-10-28)20-6-5-16(13-25-20)19-11-18(31-4-2)15-29-21(19)17(12-23)14-26-29/h5-6,11,13-15H,3-4,7-10H2,1-2H3,(H,24,30). The van der Waals surface area contributed by atoms with Crippen molar-refractivity contribution >= 4 is 17.4 Å². The molecule has 0 radical (unpaired) electrons. The number of carbonyl (C=O) groups is 1. The Labute approximate surface area is 180 Å². The first-order valence-corrected chi connectivity index (χ1v) is 10.4. The molecule has 0 bridgehead atoms. The summed E-state index contributed by atoms with van der Waals surface area (Å²) in [5.74, 6) is 1.55. The molecule has 1 aliphatic rings. The van der Waals surface area contributed by atoms with Crippen molar-refractivity contribution in [3.05, 3.63) is 42.4 Å². The van der Waals surface area contributed by atoms with E-state index in [0.717, 1.165) is 35.6 Å². The van der Waals surface area contributed by atoms with Crippen molar-refractivity contribution in [2.24, 2.45) is 0 Å². The molecule has 0 aromatic carbocycles. The van der Waals surface area contributed by atoms with E-state index in [9.17, 15) is 10.1 Å². The van der Waals surface area contributed by atoms with Gasteiger partial charge in [-0.05, 0) is 32.0 Å². The van der Waals surface area contributed by atoms with Crippen LogP contribution in [0.5, 0.6) is 5.75 Å². The molecule has 0 atom stereocenters. The number of carbonyl (C=O) groups excluding carboxylic acids is 1. The summed E-state index contributed by atoms with van der Waals surface area (Å²) >= 11 is 0.